The van der Waals surface area contributed by atoms with Gasteiger partial charge in [-0.1, -0.05) is 12.2 Å². The second-order valence-corrected chi connectivity index (χ2v) is 4.69. The van der Waals surface area contributed by atoms with Gasteiger partial charge in [0.2, 0.25) is 0 Å². The summed E-state index contributed by atoms with van der Waals surface area (Å²) in [6.45, 7) is 0.560. The molecular formula is C13H17NO2S. The fourth-order valence-corrected chi connectivity index (χ4v) is 1.92. The summed E-state index contributed by atoms with van der Waals surface area (Å²) < 4.78 is 11.1. The van der Waals surface area contributed by atoms with Crippen molar-refractivity contribution >= 4 is 17.2 Å². The Hall–Kier alpha value is -1.13. The Labute approximate surface area is 107 Å². The molecule has 1 aromatic rings. The fraction of sp³-hybridized carbons (Fsp3) is 0.462. The van der Waals surface area contributed by atoms with Gasteiger partial charge in [-0.2, -0.15) is 0 Å². The highest BCUT2D eigenvalue weighted by Gasteiger charge is 2.18. The molecule has 2 rings (SSSR count). The number of thiocarbonyl (C=S) groups is 1. The lowest BCUT2D eigenvalue weighted by atomic mass is 9.96. The first-order chi connectivity index (χ1) is 8.20. The van der Waals surface area contributed by atoms with Crippen LogP contribution in [0.2, 0.25) is 0 Å². The number of methoxy groups -OCH3 is 1. The summed E-state index contributed by atoms with van der Waals surface area (Å²) in [5.41, 5.74) is 7.48. The molecule has 1 aromatic carbocycles. The third-order valence-corrected chi connectivity index (χ3v) is 3.33. The largest absolute Gasteiger partial charge is 0.496 e. The van der Waals surface area contributed by atoms with Crippen LogP contribution in [0, 0.1) is 0 Å². The van der Waals surface area contributed by atoms with Gasteiger partial charge in [0.1, 0.15) is 10.7 Å². The van der Waals surface area contributed by atoms with Crippen LogP contribution in [0.5, 0.6) is 5.75 Å². The smallest absolute Gasteiger partial charge is 0.124 e. The number of rotatable bonds is 5. The van der Waals surface area contributed by atoms with Gasteiger partial charge in [0.25, 0.3) is 0 Å². The summed E-state index contributed by atoms with van der Waals surface area (Å²) in [5, 5.41) is 0. The van der Waals surface area contributed by atoms with E-state index in [9.17, 15) is 0 Å². The Kier molecular flexibility index (Phi) is 3.97. The van der Waals surface area contributed by atoms with E-state index in [4.69, 9.17) is 27.4 Å². The standard InChI is InChI=1S/C13H17NO2S/c1-15-12-6-5-9(13(14)17)7-10(12)8-16-11-3-2-4-11/h5-7,11H,2-4,8H2,1H3,(H2,14,17). The second kappa shape index (κ2) is 5.47. The van der Waals surface area contributed by atoms with Crippen LogP contribution >= 0.6 is 12.2 Å². The van der Waals surface area contributed by atoms with Gasteiger partial charge in [-0.3, -0.25) is 0 Å². The maximum Gasteiger partial charge on any atom is 0.124 e. The molecule has 0 spiro atoms. The van der Waals surface area contributed by atoms with Crippen LogP contribution in [0.4, 0.5) is 0 Å². The fourth-order valence-electron chi connectivity index (χ4n) is 1.79. The maximum atomic E-state index is 5.78. The molecule has 1 aliphatic rings. The van der Waals surface area contributed by atoms with Crippen molar-refractivity contribution in [2.75, 3.05) is 7.11 Å². The van der Waals surface area contributed by atoms with Crippen LogP contribution < -0.4 is 10.5 Å². The molecule has 0 atom stereocenters. The lowest BCUT2D eigenvalue weighted by molar-refractivity contribution is -0.00934. The van der Waals surface area contributed by atoms with E-state index in [2.05, 4.69) is 0 Å². The summed E-state index contributed by atoms with van der Waals surface area (Å²) in [7, 11) is 1.66. The minimum Gasteiger partial charge on any atom is -0.496 e. The van der Waals surface area contributed by atoms with Gasteiger partial charge in [0.15, 0.2) is 0 Å². The van der Waals surface area contributed by atoms with Crippen LogP contribution in [0.15, 0.2) is 18.2 Å². The van der Waals surface area contributed by atoms with Crippen molar-refractivity contribution in [3.05, 3.63) is 29.3 Å². The van der Waals surface area contributed by atoms with Crippen molar-refractivity contribution in [3.63, 3.8) is 0 Å². The summed E-state index contributed by atoms with van der Waals surface area (Å²) >= 11 is 4.97. The molecule has 0 radical (unpaired) electrons. The van der Waals surface area contributed by atoms with Gasteiger partial charge >= 0.3 is 0 Å². The normalized spacial score (nSPS) is 15.4. The van der Waals surface area contributed by atoms with E-state index < -0.39 is 0 Å². The first-order valence-electron chi connectivity index (χ1n) is 5.79. The first kappa shape index (κ1) is 12.3. The molecule has 92 valence electrons. The van der Waals surface area contributed by atoms with Crippen LogP contribution in [0.25, 0.3) is 0 Å². The van der Waals surface area contributed by atoms with Crippen molar-refractivity contribution in [2.24, 2.45) is 5.73 Å². The summed E-state index contributed by atoms with van der Waals surface area (Å²) in [5.74, 6) is 0.823. The van der Waals surface area contributed by atoms with E-state index in [1.807, 2.05) is 18.2 Å². The number of hydrogen-bond acceptors (Lipinski definition) is 3. The highest BCUT2D eigenvalue weighted by Crippen LogP contribution is 2.26. The molecule has 0 bridgehead atoms. The van der Waals surface area contributed by atoms with Crippen molar-refractivity contribution in [3.8, 4) is 5.75 Å². The highest BCUT2D eigenvalue weighted by molar-refractivity contribution is 7.80. The van der Waals surface area contributed by atoms with Crippen LogP contribution in [-0.2, 0) is 11.3 Å². The number of nitrogens with two attached hydrogens (primary N) is 1. The SMILES string of the molecule is COc1ccc(C(N)=S)cc1COC1CCC1. The molecule has 0 amide bonds. The van der Waals surface area contributed by atoms with Crippen molar-refractivity contribution in [1.29, 1.82) is 0 Å². The monoisotopic (exact) mass is 251 g/mol. The zero-order chi connectivity index (χ0) is 12.3. The molecule has 0 unspecified atom stereocenters. The summed E-state index contributed by atoms with van der Waals surface area (Å²) in [6, 6.07) is 5.70. The number of hydrogen-bond donors (Lipinski definition) is 1. The molecule has 4 heteroatoms. The predicted molar refractivity (Wildman–Crippen MR) is 71.3 cm³/mol. The topological polar surface area (TPSA) is 44.5 Å². The Morgan fingerprint density at radius 3 is 2.76 bits per heavy atom. The zero-order valence-corrected chi connectivity index (χ0v) is 10.8. The molecular weight excluding hydrogens is 234 g/mol. The molecule has 3 nitrogen and oxygen atoms in total. The average Bonchev–Trinajstić information content (AvgIpc) is 2.26. The molecule has 1 fully saturated rings. The van der Waals surface area contributed by atoms with E-state index in [0.717, 1.165) is 29.7 Å². The number of benzene rings is 1. The maximum absolute atomic E-state index is 5.78. The van der Waals surface area contributed by atoms with E-state index in [1.165, 1.54) is 6.42 Å². The first-order valence-corrected chi connectivity index (χ1v) is 6.20. The Morgan fingerprint density at radius 1 is 1.47 bits per heavy atom. The van der Waals surface area contributed by atoms with Crippen molar-refractivity contribution in [1.82, 2.24) is 0 Å². The zero-order valence-electron chi connectivity index (χ0n) is 9.94. The lowest BCUT2D eigenvalue weighted by Crippen LogP contribution is -2.21. The van der Waals surface area contributed by atoms with Crippen molar-refractivity contribution in [2.45, 2.75) is 32.0 Å². The predicted octanol–water partition coefficient (Wildman–Crippen LogP) is 2.40. The van der Waals surface area contributed by atoms with Gasteiger partial charge in [-0.15, -0.1) is 0 Å². The number of ether oxygens (including phenoxy) is 2. The molecule has 1 aliphatic carbocycles. The minimum absolute atomic E-state index is 0.401. The molecule has 0 aliphatic heterocycles. The molecule has 2 N–H and O–H groups in total. The summed E-state index contributed by atoms with van der Waals surface area (Å²) in [4.78, 5) is 0.401. The minimum atomic E-state index is 0.401. The van der Waals surface area contributed by atoms with Crippen molar-refractivity contribution < 1.29 is 9.47 Å². The molecule has 1 saturated carbocycles. The second-order valence-electron chi connectivity index (χ2n) is 4.25. The van der Waals surface area contributed by atoms with Gasteiger partial charge in [-0.25, -0.2) is 0 Å². The van der Waals surface area contributed by atoms with E-state index in [-0.39, 0.29) is 0 Å². The van der Waals surface area contributed by atoms with Crippen LogP contribution in [-0.4, -0.2) is 18.2 Å². The Morgan fingerprint density at radius 2 is 2.24 bits per heavy atom. The van der Waals surface area contributed by atoms with Gasteiger partial charge in [0, 0.05) is 11.1 Å². The highest BCUT2D eigenvalue weighted by atomic mass is 32.1. The molecule has 17 heavy (non-hydrogen) atoms. The molecule has 0 heterocycles. The molecule has 0 saturated heterocycles. The van der Waals surface area contributed by atoms with E-state index in [1.54, 1.807) is 7.11 Å². The third-order valence-electron chi connectivity index (χ3n) is 3.09. The Bertz CT molecular complexity index is 416. The van der Waals surface area contributed by atoms with Crippen LogP contribution in [0.1, 0.15) is 30.4 Å². The lowest BCUT2D eigenvalue weighted by Gasteiger charge is -2.26. The van der Waals surface area contributed by atoms with Gasteiger partial charge in [0.05, 0.1) is 19.8 Å². The van der Waals surface area contributed by atoms with Gasteiger partial charge in [-0.05, 0) is 37.5 Å². The quantitative estimate of drug-likeness (QED) is 0.816. The molecule has 0 aromatic heterocycles. The van der Waals surface area contributed by atoms with E-state index in [0.29, 0.717) is 17.7 Å². The average molecular weight is 251 g/mol. The van der Waals surface area contributed by atoms with Crippen LogP contribution in [0.3, 0.4) is 0 Å². The summed E-state index contributed by atoms with van der Waals surface area (Å²) in [6.07, 6.45) is 4.01. The van der Waals surface area contributed by atoms with E-state index >= 15 is 0 Å². The third kappa shape index (κ3) is 2.96. The Balaban J connectivity index is 2.10. The van der Waals surface area contributed by atoms with Gasteiger partial charge < -0.3 is 15.2 Å².